The Morgan fingerprint density at radius 2 is 1.57 bits per heavy atom. The largest absolute Gasteiger partial charge is 0.326 e. The molecule has 0 radical (unpaired) electrons. The van der Waals surface area contributed by atoms with E-state index in [0.717, 1.165) is 19.3 Å². The average Bonchev–Trinajstić information content (AvgIpc) is 2.75. The lowest BCUT2D eigenvalue weighted by atomic mass is 10.1. The molecule has 0 spiro atoms. The first-order valence-electron chi connectivity index (χ1n) is 10.1. The van der Waals surface area contributed by atoms with Crippen LogP contribution >= 0.6 is 0 Å². The summed E-state index contributed by atoms with van der Waals surface area (Å²) in [6, 6.07) is 12.9. The number of hydrogen-bond donors (Lipinski definition) is 2. The third-order valence-electron chi connectivity index (χ3n) is 4.98. The highest BCUT2D eigenvalue weighted by atomic mass is 32.2. The van der Waals surface area contributed by atoms with Gasteiger partial charge in [-0.3, -0.25) is 9.59 Å². The summed E-state index contributed by atoms with van der Waals surface area (Å²) in [4.78, 5) is 24.5. The van der Waals surface area contributed by atoms with E-state index in [1.165, 1.54) is 10.4 Å². The lowest BCUT2D eigenvalue weighted by molar-refractivity contribution is -0.118. The molecule has 0 saturated carbocycles. The molecule has 2 N–H and O–H groups in total. The van der Waals surface area contributed by atoms with Crippen molar-refractivity contribution >= 4 is 33.2 Å². The smallest absolute Gasteiger partial charge is 0.255 e. The maximum atomic E-state index is 12.8. The minimum Gasteiger partial charge on any atom is -0.326 e. The maximum Gasteiger partial charge on any atom is 0.255 e. The van der Waals surface area contributed by atoms with E-state index in [-0.39, 0.29) is 22.6 Å². The molecule has 1 saturated heterocycles. The van der Waals surface area contributed by atoms with Crippen LogP contribution in [-0.2, 0) is 14.8 Å². The maximum absolute atomic E-state index is 12.8. The van der Waals surface area contributed by atoms with Gasteiger partial charge in [-0.25, -0.2) is 8.42 Å². The van der Waals surface area contributed by atoms with Gasteiger partial charge in [0.25, 0.3) is 5.91 Å². The van der Waals surface area contributed by atoms with Gasteiger partial charge in [-0.2, -0.15) is 4.31 Å². The van der Waals surface area contributed by atoms with Crippen molar-refractivity contribution in [2.24, 2.45) is 5.92 Å². The summed E-state index contributed by atoms with van der Waals surface area (Å²) < 4.78 is 27.2. The first-order valence-corrected chi connectivity index (χ1v) is 11.5. The molecule has 1 aliphatic rings. The first kappa shape index (κ1) is 22.0. The molecule has 1 fully saturated rings. The van der Waals surface area contributed by atoms with Gasteiger partial charge in [-0.05, 0) is 55.3 Å². The normalized spacial score (nSPS) is 15.0. The third-order valence-corrected chi connectivity index (χ3v) is 6.88. The lowest BCUT2D eigenvalue weighted by Gasteiger charge is -2.26. The van der Waals surface area contributed by atoms with Crippen LogP contribution in [0.3, 0.4) is 0 Å². The zero-order valence-corrected chi connectivity index (χ0v) is 18.0. The molecule has 2 aromatic carbocycles. The van der Waals surface area contributed by atoms with Gasteiger partial charge >= 0.3 is 0 Å². The average molecular weight is 430 g/mol. The number of anilines is 2. The molecule has 0 atom stereocenters. The summed E-state index contributed by atoms with van der Waals surface area (Å²) in [5.41, 5.74) is 1.43. The van der Waals surface area contributed by atoms with Crippen LogP contribution in [0.4, 0.5) is 11.4 Å². The Hall–Kier alpha value is -2.71. The SMILES string of the molecule is CC(C)C(=O)Nc1ccc(C(=O)Nc2cccc(S(=O)(=O)N3CCCCC3)c2)cc1. The van der Waals surface area contributed by atoms with Crippen LogP contribution in [-0.4, -0.2) is 37.6 Å². The molecule has 1 aliphatic heterocycles. The van der Waals surface area contributed by atoms with Crippen LogP contribution in [0, 0.1) is 5.92 Å². The Morgan fingerprint density at radius 1 is 0.900 bits per heavy atom. The molecule has 0 aliphatic carbocycles. The molecule has 160 valence electrons. The summed E-state index contributed by atoms with van der Waals surface area (Å²) >= 11 is 0. The van der Waals surface area contributed by atoms with Crippen LogP contribution in [0.25, 0.3) is 0 Å². The third kappa shape index (κ3) is 5.25. The number of nitrogens with one attached hydrogen (secondary N) is 2. The van der Waals surface area contributed by atoms with Crippen molar-refractivity contribution in [1.82, 2.24) is 4.31 Å². The fraction of sp³-hybridized carbons (Fsp3) is 0.364. The molecule has 2 aromatic rings. The van der Waals surface area contributed by atoms with Crippen LogP contribution in [0.5, 0.6) is 0 Å². The molecule has 0 aromatic heterocycles. The van der Waals surface area contributed by atoms with E-state index >= 15 is 0 Å². The van der Waals surface area contributed by atoms with Crippen molar-refractivity contribution in [3.05, 3.63) is 54.1 Å². The standard InChI is InChI=1S/C22H27N3O4S/c1-16(2)21(26)23-18-11-9-17(10-12-18)22(27)24-19-7-6-8-20(15-19)30(28,29)25-13-4-3-5-14-25/h6-12,15-16H,3-5,13-14H2,1-2H3,(H,23,26)(H,24,27). The monoisotopic (exact) mass is 429 g/mol. The van der Waals surface area contributed by atoms with Crippen LogP contribution < -0.4 is 10.6 Å². The molecular formula is C22H27N3O4S. The topological polar surface area (TPSA) is 95.6 Å². The van der Waals surface area contributed by atoms with Crippen molar-refractivity contribution in [1.29, 1.82) is 0 Å². The quantitative estimate of drug-likeness (QED) is 0.732. The molecule has 1 heterocycles. The van der Waals surface area contributed by atoms with E-state index in [4.69, 9.17) is 0 Å². The molecule has 2 amide bonds. The van der Waals surface area contributed by atoms with Gasteiger partial charge in [0.05, 0.1) is 4.90 Å². The zero-order chi connectivity index (χ0) is 21.7. The van der Waals surface area contributed by atoms with Gasteiger partial charge in [0, 0.05) is 35.9 Å². The highest BCUT2D eigenvalue weighted by molar-refractivity contribution is 7.89. The second kappa shape index (κ2) is 9.40. The second-order valence-corrected chi connectivity index (χ2v) is 9.61. The van der Waals surface area contributed by atoms with E-state index < -0.39 is 10.0 Å². The lowest BCUT2D eigenvalue weighted by Crippen LogP contribution is -2.35. The Morgan fingerprint density at radius 3 is 2.20 bits per heavy atom. The van der Waals surface area contributed by atoms with Crippen molar-refractivity contribution in [3.8, 4) is 0 Å². The van der Waals surface area contributed by atoms with Crippen LogP contribution in [0.15, 0.2) is 53.4 Å². The molecule has 0 bridgehead atoms. The van der Waals surface area contributed by atoms with Gasteiger partial charge in [-0.1, -0.05) is 26.3 Å². The first-order chi connectivity index (χ1) is 14.3. The van der Waals surface area contributed by atoms with E-state index in [2.05, 4.69) is 10.6 Å². The Bertz CT molecular complexity index is 1010. The van der Waals surface area contributed by atoms with Crippen molar-refractivity contribution < 1.29 is 18.0 Å². The molecule has 8 heteroatoms. The van der Waals surface area contributed by atoms with Crippen LogP contribution in [0.2, 0.25) is 0 Å². The highest BCUT2D eigenvalue weighted by Crippen LogP contribution is 2.23. The fourth-order valence-corrected chi connectivity index (χ4v) is 4.75. The summed E-state index contributed by atoms with van der Waals surface area (Å²) in [5, 5.41) is 5.51. The van der Waals surface area contributed by atoms with Crippen LogP contribution in [0.1, 0.15) is 43.5 Å². The molecular weight excluding hydrogens is 402 g/mol. The van der Waals surface area contributed by atoms with Crippen molar-refractivity contribution in [3.63, 3.8) is 0 Å². The second-order valence-electron chi connectivity index (χ2n) is 7.67. The van der Waals surface area contributed by atoms with Crippen molar-refractivity contribution in [2.75, 3.05) is 23.7 Å². The van der Waals surface area contributed by atoms with E-state index in [0.29, 0.717) is 30.0 Å². The van der Waals surface area contributed by atoms with Gasteiger partial charge in [-0.15, -0.1) is 0 Å². The van der Waals surface area contributed by atoms with Gasteiger partial charge < -0.3 is 10.6 Å². The molecule has 0 unspecified atom stereocenters. The van der Waals surface area contributed by atoms with Gasteiger partial charge in [0.15, 0.2) is 0 Å². The number of hydrogen-bond acceptors (Lipinski definition) is 4. The Labute approximate surface area is 177 Å². The predicted octanol–water partition coefficient (Wildman–Crippen LogP) is 3.71. The summed E-state index contributed by atoms with van der Waals surface area (Å²) in [6.45, 7) is 4.66. The number of nitrogens with zero attached hydrogens (tertiary/aromatic N) is 1. The van der Waals surface area contributed by atoms with Gasteiger partial charge in [0.2, 0.25) is 15.9 Å². The Kier molecular flexibility index (Phi) is 6.89. The summed E-state index contributed by atoms with van der Waals surface area (Å²) in [5.74, 6) is -0.593. The minimum absolute atomic E-state index is 0.0982. The number of carbonyl (C=O) groups is 2. The molecule has 30 heavy (non-hydrogen) atoms. The zero-order valence-electron chi connectivity index (χ0n) is 17.2. The Balaban J connectivity index is 1.70. The number of rotatable bonds is 6. The summed E-state index contributed by atoms with van der Waals surface area (Å²) in [7, 11) is -3.57. The molecule has 3 rings (SSSR count). The number of amides is 2. The predicted molar refractivity (Wildman–Crippen MR) is 117 cm³/mol. The van der Waals surface area contributed by atoms with Crippen molar-refractivity contribution in [2.45, 2.75) is 38.0 Å². The highest BCUT2D eigenvalue weighted by Gasteiger charge is 2.26. The van der Waals surface area contributed by atoms with E-state index in [1.54, 1.807) is 56.3 Å². The van der Waals surface area contributed by atoms with Gasteiger partial charge in [0.1, 0.15) is 0 Å². The van der Waals surface area contributed by atoms with E-state index in [9.17, 15) is 18.0 Å². The number of sulfonamides is 1. The minimum atomic E-state index is -3.57. The fourth-order valence-electron chi connectivity index (χ4n) is 3.18. The number of carbonyl (C=O) groups excluding carboxylic acids is 2. The number of piperidine rings is 1. The summed E-state index contributed by atoms with van der Waals surface area (Å²) in [6.07, 6.45) is 2.77. The molecule has 7 nitrogen and oxygen atoms in total. The number of benzene rings is 2. The van der Waals surface area contributed by atoms with E-state index in [1.807, 2.05) is 0 Å².